The summed E-state index contributed by atoms with van der Waals surface area (Å²) in [6.45, 7) is 7.81. The number of benzene rings is 1. The lowest BCUT2D eigenvalue weighted by Crippen LogP contribution is -2.44. The van der Waals surface area contributed by atoms with Gasteiger partial charge in [-0.3, -0.25) is 4.90 Å². The van der Waals surface area contributed by atoms with Crippen LogP contribution in [-0.2, 0) is 9.84 Å². The Kier molecular flexibility index (Phi) is 4.39. The van der Waals surface area contributed by atoms with E-state index in [1.165, 1.54) is 6.26 Å². The maximum Gasteiger partial charge on any atom is 0.175 e. The largest absolute Gasteiger partial charge is 0.314 e. The van der Waals surface area contributed by atoms with Crippen molar-refractivity contribution in [1.29, 1.82) is 0 Å². The van der Waals surface area contributed by atoms with Crippen LogP contribution in [0.25, 0.3) is 0 Å². The second-order valence-electron chi connectivity index (χ2n) is 4.81. The second-order valence-corrected chi connectivity index (χ2v) is 6.82. The van der Waals surface area contributed by atoms with Crippen LogP contribution in [0.1, 0.15) is 11.6 Å². The van der Waals surface area contributed by atoms with Gasteiger partial charge < -0.3 is 5.32 Å². The molecule has 0 aromatic heterocycles. The van der Waals surface area contributed by atoms with Crippen LogP contribution in [0.2, 0.25) is 0 Å². The summed E-state index contributed by atoms with van der Waals surface area (Å²) in [6.07, 6.45) is 3.14. The predicted molar refractivity (Wildman–Crippen MR) is 76.9 cm³/mol. The molecule has 1 aromatic rings. The zero-order valence-corrected chi connectivity index (χ0v) is 12.0. The molecule has 104 valence electrons. The molecular formula is C14H20N2O2S. The highest BCUT2D eigenvalue weighted by Gasteiger charge is 2.19. The van der Waals surface area contributed by atoms with Gasteiger partial charge >= 0.3 is 0 Å². The van der Waals surface area contributed by atoms with Gasteiger partial charge in [-0.05, 0) is 17.7 Å². The summed E-state index contributed by atoms with van der Waals surface area (Å²) in [6, 6.07) is 7.25. The van der Waals surface area contributed by atoms with E-state index in [9.17, 15) is 8.42 Å². The van der Waals surface area contributed by atoms with E-state index in [0.717, 1.165) is 31.7 Å². The third-order valence-corrected chi connectivity index (χ3v) is 4.55. The molecule has 0 unspecified atom stereocenters. The van der Waals surface area contributed by atoms with Crippen LogP contribution in [-0.4, -0.2) is 45.8 Å². The molecule has 0 amide bonds. The summed E-state index contributed by atoms with van der Waals surface area (Å²) in [5.74, 6) is 0. The highest BCUT2D eigenvalue weighted by molar-refractivity contribution is 7.90. The van der Waals surface area contributed by atoms with Gasteiger partial charge in [-0.15, -0.1) is 6.58 Å². The number of nitrogens with one attached hydrogen (secondary N) is 1. The Morgan fingerprint density at radius 3 is 2.32 bits per heavy atom. The highest BCUT2D eigenvalue weighted by Crippen LogP contribution is 2.23. The highest BCUT2D eigenvalue weighted by atomic mass is 32.2. The molecular weight excluding hydrogens is 260 g/mol. The van der Waals surface area contributed by atoms with Gasteiger partial charge in [-0.25, -0.2) is 8.42 Å². The number of rotatable bonds is 4. The maximum atomic E-state index is 11.4. The van der Waals surface area contributed by atoms with Gasteiger partial charge in [0, 0.05) is 32.4 Å². The summed E-state index contributed by atoms with van der Waals surface area (Å²) in [7, 11) is -3.13. The number of piperazine rings is 1. The van der Waals surface area contributed by atoms with E-state index < -0.39 is 9.84 Å². The second kappa shape index (κ2) is 5.86. The van der Waals surface area contributed by atoms with Crippen LogP contribution >= 0.6 is 0 Å². The first-order valence-corrected chi connectivity index (χ1v) is 8.29. The Morgan fingerprint density at radius 2 is 1.84 bits per heavy atom. The molecule has 19 heavy (non-hydrogen) atoms. The van der Waals surface area contributed by atoms with Crippen LogP contribution < -0.4 is 5.32 Å². The van der Waals surface area contributed by atoms with Crippen molar-refractivity contribution < 1.29 is 8.42 Å². The molecule has 1 aliphatic rings. The Hall–Kier alpha value is -1.17. The fourth-order valence-electron chi connectivity index (χ4n) is 2.37. The molecule has 1 heterocycles. The van der Waals surface area contributed by atoms with Gasteiger partial charge in [0.1, 0.15) is 0 Å². The fourth-order valence-corrected chi connectivity index (χ4v) is 3.00. The van der Waals surface area contributed by atoms with Crippen molar-refractivity contribution in [2.24, 2.45) is 0 Å². The van der Waals surface area contributed by atoms with Crippen molar-refractivity contribution in [3.8, 4) is 0 Å². The van der Waals surface area contributed by atoms with Crippen molar-refractivity contribution in [1.82, 2.24) is 10.2 Å². The van der Waals surface area contributed by atoms with Crippen LogP contribution in [0.4, 0.5) is 0 Å². The predicted octanol–water partition coefficient (Wildman–Crippen LogP) is 1.22. The quantitative estimate of drug-likeness (QED) is 0.843. The fraction of sp³-hybridized carbons (Fsp3) is 0.429. The minimum atomic E-state index is -3.13. The standard InChI is InChI=1S/C14H20N2O2S/c1-3-14(16-10-8-15-9-11-16)12-4-6-13(7-5-12)19(2,17)18/h3-7,14-15H,1,8-11H2,2H3/t14-/m0/s1. The van der Waals surface area contributed by atoms with Gasteiger partial charge in [0.05, 0.1) is 10.9 Å². The van der Waals surface area contributed by atoms with Crippen LogP contribution in [0.5, 0.6) is 0 Å². The van der Waals surface area contributed by atoms with Crippen LogP contribution in [0.15, 0.2) is 41.8 Å². The van der Waals surface area contributed by atoms with Crippen molar-refractivity contribution in [2.45, 2.75) is 10.9 Å². The average Bonchev–Trinajstić information content (AvgIpc) is 2.40. The lowest BCUT2D eigenvalue weighted by atomic mass is 10.0. The number of hydrogen-bond acceptors (Lipinski definition) is 4. The monoisotopic (exact) mass is 280 g/mol. The maximum absolute atomic E-state index is 11.4. The zero-order valence-electron chi connectivity index (χ0n) is 11.2. The molecule has 2 rings (SSSR count). The van der Waals surface area contributed by atoms with Gasteiger partial charge in [0.2, 0.25) is 0 Å². The Labute approximate surface area is 115 Å². The molecule has 1 atom stereocenters. The third-order valence-electron chi connectivity index (χ3n) is 3.42. The van der Waals surface area contributed by atoms with E-state index in [4.69, 9.17) is 0 Å². The zero-order chi connectivity index (χ0) is 13.9. The molecule has 4 nitrogen and oxygen atoms in total. The molecule has 0 radical (unpaired) electrons. The first-order chi connectivity index (χ1) is 9.02. The van der Waals surface area contributed by atoms with Crippen LogP contribution in [0.3, 0.4) is 0 Å². The summed E-state index contributed by atoms with van der Waals surface area (Å²) < 4.78 is 22.9. The minimum absolute atomic E-state index is 0.149. The average molecular weight is 280 g/mol. The molecule has 1 fully saturated rings. The van der Waals surface area contributed by atoms with E-state index in [-0.39, 0.29) is 6.04 Å². The Morgan fingerprint density at radius 1 is 1.26 bits per heavy atom. The van der Waals surface area contributed by atoms with E-state index in [1.807, 2.05) is 18.2 Å². The Balaban J connectivity index is 2.21. The molecule has 0 spiro atoms. The molecule has 0 saturated carbocycles. The first-order valence-electron chi connectivity index (χ1n) is 6.40. The van der Waals surface area contributed by atoms with Crippen molar-refractivity contribution in [2.75, 3.05) is 32.4 Å². The lowest BCUT2D eigenvalue weighted by molar-refractivity contribution is 0.203. The molecule has 0 bridgehead atoms. The Bertz CT molecular complexity index is 531. The van der Waals surface area contributed by atoms with E-state index in [2.05, 4.69) is 16.8 Å². The van der Waals surface area contributed by atoms with Gasteiger partial charge in [-0.1, -0.05) is 18.2 Å². The molecule has 1 N–H and O–H groups in total. The smallest absolute Gasteiger partial charge is 0.175 e. The van der Waals surface area contributed by atoms with Gasteiger partial charge in [0.15, 0.2) is 9.84 Å². The summed E-state index contributed by atoms with van der Waals surface area (Å²) in [4.78, 5) is 2.71. The number of hydrogen-bond donors (Lipinski definition) is 1. The van der Waals surface area contributed by atoms with E-state index >= 15 is 0 Å². The molecule has 1 saturated heterocycles. The van der Waals surface area contributed by atoms with E-state index in [1.54, 1.807) is 12.1 Å². The molecule has 1 aliphatic heterocycles. The molecule has 5 heteroatoms. The third kappa shape index (κ3) is 3.43. The lowest BCUT2D eigenvalue weighted by Gasteiger charge is -2.33. The first kappa shape index (κ1) is 14.2. The molecule has 1 aromatic carbocycles. The van der Waals surface area contributed by atoms with Crippen molar-refractivity contribution in [3.63, 3.8) is 0 Å². The minimum Gasteiger partial charge on any atom is -0.314 e. The van der Waals surface area contributed by atoms with Crippen LogP contribution in [0, 0.1) is 0 Å². The molecule has 0 aliphatic carbocycles. The van der Waals surface area contributed by atoms with Crippen molar-refractivity contribution in [3.05, 3.63) is 42.5 Å². The van der Waals surface area contributed by atoms with E-state index in [0.29, 0.717) is 4.90 Å². The summed E-state index contributed by atoms with van der Waals surface area (Å²) in [5.41, 5.74) is 1.09. The topological polar surface area (TPSA) is 49.4 Å². The SMILES string of the molecule is C=C[C@@H](c1ccc(S(C)(=O)=O)cc1)N1CCNCC1. The number of sulfone groups is 1. The summed E-state index contributed by atoms with van der Waals surface area (Å²) >= 11 is 0. The van der Waals surface area contributed by atoms with Gasteiger partial charge in [0.25, 0.3) is 0 Å². The number of nitrogens with zero attached hydrogens (tertiary/aromatic N) is 1. The normalized spacial score (nSPS) is 19.0. The van der Waals surface area contributed by atoms with Gasteiger partial charge in [-0.2, -0.15) is 0 Å². The van der Waals surface area contributed by atoms with Crippen molar-refractivity contribution >= 4 is 9.84 Å². The summed E-state index contributed by atoms with van der Waals surface area (Å²) in [5, 5.41) is 3.32.